The van der Waals surface area contributed by atoms with Crippen LogP contribution in [0.4, 0.5) is 0 Å². The second-order valence-corrected chi connectivity index (χ2v) is 3.66. The van der Waals surface area contributed by atoms with E-state index in [1.54, 1.807) is 7.05 Å². The van der Waals surface area contributed by atoms with Crippen LogP contribution in [0.2, 0.25) is 0 Å². The minimum Gasteiger partial charge on any atom is -0.358 e. The largest absolute Gasteiger partial charge is 0.358 e. The van der Waals surface area contributed by atoms with Gasteiger partial charge in [0.1, 0.15) is 0 Å². The summed E-state index contributed by atoms with van der Waals surface area (Å²) in [5.41, 5.74) is 0. The Morgan fingerprint density at radius 2 is 2.46 bits per heavy atom. The van der Waals surface area contributed by atoms with Crippen LogP contribution in [0.25, 0.3) is 0 Å². The van der Waals surface area contributed by atoms with Gasteiger partial charge in [-0.1, -0.05) is 0 Å². The number of amides is 1. The van der Waals surface area contributed by atoms with Gasteiger partial charge in [-0.05, 0) is 26.4 Å². The summed E-state index contributed by atoms with van der Waals surface area (Å²) >= 11 is 0. The average molecular weight is 185 g/mol. The number of nitrogens with one attached hydrogen (secondary N) is 2. The molecular weight excluding hydrogens is 166 g/mol. The lowest BCUT2D eigenvalue weighted by molar-refractivity contribution is -0.121. The van der Waals surface area contributed by atoms with Gasteiger partial charge in [0.15, 0.2) is 0 Å². The highest BCUT2D eigenvalue weighted by Gasteiger charge is 2.16. The van der Waals surface area contributed by atoms with Crippen molar-refractivity contribution in [1.29, 1.82) is 0 Å². The topological polar surface area (TPSA) is 44.4 Å². The third kappa shape index (κ3) is 3.74. The van der Waals surface area contributed by atoms with Crippen molar-refractivity contribution in [1.82, 2.24) is 15.5 Å². The van der Waals surface area contributed by atoms with Crippen molar-refractivity contribution in [3.63, 3.8) is 0 Å². The van der Waals surface area contributed by atoms with Crippen molar-refractivity contribution in [2.45, 2.75) is 18.9 Å². The molecule has 0 bridgehead atoms. The Labute approximate surface area is 79.7 Å². The van der Waals surface area contributed by atoms with Gasteiger partial charge in [-0.15, -0.1) is 0 Å². The Morgan fingerprint density at radius 1 is 1.69 bits per heavy atom. The van der Waals surface area contributed by atoms with E-state index in [2.05, 4.69) is 15.5 Å². The molecule has 0 saturated carbocycles. The highest BCUT2D eigenvalue weighted by Crippen LogP contribution is 2.05. The van der Waals surface area contributed by atoms with Crippen molar-refractivity contribution in [2.75, 3.05) is 33.7 Å². The Bertz CT molecular complexity index is 166. The second-order valence-electron chi connectivity index (χ2n) is 3.66. The lowest BCUT2D eigenvalue weighted by Gasteiger charge is -2.19. The number of hydrogen-bond acceptors (Lipinski definition) is 3. The van der Waals surface area contributed by atoms with Gasteiger partial charge in [0.25, 0.3) is 0 Å². The van der Waals surface area contributed by atoms with E-state index in [1.165, 1.54) is 12.8 Å². The third-order valence-electron chi connectivity index (χ3n) is 2.39. The number of likely N-dealkylation sites (N-methyl/N-ethyl adjacent to an activating group) is 2. The van der Waals surface area contributed by atoms with Crippen molar-refractivity contribution >= 4 is 5.91 Å². The van der Waals surface area contributed by atoms with Crippen molar-refractivity contribution in [3.8, 4) is 0 Å². The molecule has 0 aromatic rings. The fourth-order valence-electron chi connectivity index (χ4n) is 1.68. The van der Waals surface area contributed by atoms with E-state index in [0.29, 0.717) is 12.6 Å². The standard InChI is InChI=1S/C9H19N3O/c1-10-9(13)7-12(2)6-8-4-3-5-11-8/h8,11H,3-7H2,1-2H3,(H,10,13). The van der Waals surface area contributed by atoms with Crippen LogP contribution in [-0.4, -0.2) is 50.6 Å². The maximum atomic E-state index is 11.0. The molecule has 4 heteroatoms. The fraction of sp³-hybridized carbons (Fsp3) is 0.889. The van der Waals surface area contributed by atoms with Gasteiger partial charge < -0.3 is 10.6 Å². The predicted molar refractivity (Wildman–Crippen MR) is 52.6 cm³/mol. The lowest BCUT2D eigenvalue weighted by atomic mass is 10.2. The zero-order valence-corrected chi connectivity index (χ0v) is 8.47. The number of carbonyl (C=O) groups excluding carboxylic acids is 1. The molecule has 1 aliphatic rings. The molecule has 1 saturated heterocycles. The first-order valence-corrected chi connectivity index (χ1v) is 4.85. The normalized spacial score (nSPS) is 22.2. The van der Waals surface area contributed by atoms with Crippen molar-refractivity contribution in [3.05, 3.63) is 0 Å². The smallest absolute Gasteiger partial charge is 0.233 e. The number of hydrogen-bond donors (Lipinski definition) is 2. The molecule has 2 N–H and O–H groups in total. The van der Waals surface area contributed by atoms with Crippen LogP contribution in [0.15, 0.2) is 0 Å². The van der Waals surface area contributed by atoms with Crippen molar-refractivity contribution in [2.24, 2.45) is 0 Å². The monoisotopic (exact) mass is 185 g/mol. The van der Waals surface area contributed by atoms with E-state index in [4.69, 9.17) is 0 Å². The Kier molecular flexibility index (Phi) is 4.18. The van der Waals surface area contributed by atoms with Crippen LogP contribution in [-0.2, 0) is 4.79 Å². The summed E-state index contributed by atoms with van der Waals surface area (Å²) in [7, 11) is 3.65. The first-order valence-electron chi connectivity index (χ1n) is 4.85. The summed E-state index contributed by atoms with van der Waals surface area (Å²) in [6, 6.07) is 0.578. The summed E-state index contributed by atoms with van der Waals surface area (Å²) in [6.07, 6.45) is 2.50. The second kappa shape index (κ2) is 5.19. The summed E-state index contributed by atoms with van der Waals surface area (Å²) in [6.45, 7) is 2.58. The molecule has 1 aliphatic heterocycles. The number of carbonyl (C=O) groups is 1. The average Bonchev–Trinajstić information content (AvgIpc) is 2.56. The maximum Gasteiger partial charge on any atom is 0.233 e. The van der Waals surface area contributed by atoms with Crippen LogP contribution >= 0.6 is 0 Å². The van der Waals surface area contributed by atoms with E-state index in [-0.39, 0.29) is 5.91 Å². The number of nitrogens with zero attached hydrogens (tertiary/aromatic N) is 1. The van der Waals surface area contributed by atoms with Gasteiger partial charge in [-0.2, -0.15) is 0 Å². The molecular formula is C9H19N3O. The Balaban J connectivity index is 2.16. The fourth-order valence-corrected chi connectivity index (χ4v) is 1.68. The molecule has 1 atom stereocenters. The molecule has 0 aliphatic carbocycles. The zero-order chi connectivity index (χ0) is 9.68. The van der Waals surface area contributed by atoms with Gasteiger partial charge in [0.05, 0.1) is 6.54 Å². The predicted octanol–water partition coefficient (Wildman–Crippen LogP) is -0.584. The van der Waals surface area contributed by atoms with Gasteiger partial charge in [-0.3, -0.25) is 9.69 Å². The lowest BCUT2D eigenvalue weighted by Crippen LogP contribution is -2.40. The summed E-state index contributed by atoms with van der Waals surface area (Å²) in [4.78, 5) is 13.1. The highest BCUT2D eigenvalue weighted by molar-refractivity contribution is 5.77. The highest BCUT2D eigenvalue weighted by atomic mass is 16.1. The van der Waals surface area contributed by atoms with Gasteiger partial charge in [0, 0.05) is 19.6 Å². The maximum absolute atomic E-state index is 11.0. The molecule has 1 amide bonds. The van der Waals surface area contributed by atoms with Crippen LogP contribution in [0.5, 0.6) is 0 Å². The zero-order valence-electron chi connectivity index (χ0n) is 8.47. The van der Waals surface area contributed by atoms with E-state index >= 15 is 0 Å². The van der Waals surface area contributed by atoms with E-state index < -0.39 is 0 Å². The Morgan fingerprint density at radius 3 is 3.00 bits per heavy atom. The molecule has 1 unspecified atom stereocenters. The molecule has 1 rings (SSSR count). The summed E-state index contributed by atoms with van der Waals surface area (Å²) in [5, 5.41) is 6.03. The van der Waals surface area contributed by atoms with Gasteiger partial charge >= 0.3 is 0 Å². The van der Waals surface area contributed by atoms with E-state index in [9.17, 15) is 4.79 Å². The minimum atomic E-state index is 0.0838. The third-order valence-corrected chi connectivity index (χ3v) is 2.39. The number of rotatable bonds is 4. The molecule has 13 heavy (non-hydrogen) atoms. The molecule has 1 heterocycles. The molecule has 76 valence electrons. The van der Waals surface area contributed by atoms with E-state index in [1.807, 2.05) is 7.05 Å². The van der Waals surface area contributed by atoms with E-state index in [0.717, 1.165) is 13.1 Å². The quantitative estimate of drug-likeness (QED) is 0.615. The summed E-state index contributed by atoms with van der Waals surface area (Å²) < 4.78 is 0. The van der Waals surface area contributed by atoms with Crippen molar-refractivity contribution < 1.29 is 4.79 Å². The molecule has 4 nitrogen and oxygen atoms in total. The van der Waals surface area contributed by atoms with Crippen LogP contribution < -0.4 is 10.6 Å². The molecule has 0 aromatic carbocycles. The molecule has 0 radical (unpaired) electrons. The first-order chi connectivity index (χ1) is 6.22. The first kappa shape index (κ1) is 10.5. The molecule has 1 fully saturated rings. The van der Waals surface area contributed by atoms with Crippen LogP contribution in [0.3, 0.4) is 0 Å². The van der Waals surface area contributed by atoms with Gasteiger partial charge in [-0.25, -0.2) is 0 Å². The SMILES string of the molecule is CNC(=O)CN(C)CC1CCCN1. The van der Waals surface area contributed by atoms with Gasteiger partial charge in [0.2, 0.25) is 5.91 Å². The Hall–Kier alpha value is -0.610. The molecule has 0 spiro atoms. The van der Waals surface area contributed by atoms with Crippen LogP contribution in [0.1, 0.15) is 12.8 Å². The minimum absolute atomic E-state index is 0.0838. The summed E-state index contributed by atoms with van der Waals surface area (Å²) in [5.74, 6) is 0.0838. The molecule has 0 aromatic heterocycles. The van der Waals surface area contributed by atoms with Crippen LogP contribution in [0, 0.1) is 0 Å².